The summed E-state index contributed by atoms with van der Waals surface area (Å²) in [5.41, 5.74) is 2.67. The van der Waals surface area contributed by atoms with Crippen LogP contribution in [0.25, 0.3) is 0 Å². The second-order valence-electron chi connectivity index (χ2n) is 5.67. The van der Waals surface area contributed by atoms with Gasteiger partial charge in [-0.1, -0.05) is 62.2 Å². The van der Waals surface area contributed by atoms with E-state index in [2.05, 4.69) is 37.3 Å². The zero-order chi connectivity index (χ0) is 14.2. The molecular weight excluding hydrogens is 247 g/mol. The highest BCUT2D eigenvalue weighted by Crippen LogP contribution is 2.16. The quantitative estimate of drug-likeness (QED) is 0.589. The van der Waals surface area contributed by atoms with Crippen molar-refractivity contribution in [2.24, 2.45) is 5.92 Å². The summed E-state index contributed by atoms with van der Waals surface area (Å²) in [4.78, 5) is 0. The maximum absolute atomic E-state index is 12.8. The third kappa shape index (κ3) is 5.16. The molecule has 0 aliphatic heterocycles. The molecule has 0 radical (unpaired) electrons. The predicted octanol–water partition coefficient (Wildman–Crippen LogP) is 5.42. The SMILES string of the molecule is CC(CCCCc1ccccc1)Cc1ccc(F)cc1. The molecule has 0 aliphatic rings. The summed E-state index contributed by atoms with van der Waals surface area (Å²) in [7, 11) is 0. The molecule has 0 bridgehead atoms. The molecule has 0 saturated carbocycles. The van der Waals surface area contributed by atoms with E-state index in [1.54, 1.807) is 12.1 Å². The van der Waals surface area contributed by atoms with Crippen LogP contribution in [0.15, 0.2) is 54.6 Å². The highest BCUT2D eigenvalue weighted by atomic mass is 19.1. The van der Waals surface area contributed by atoms with E-state index in [0.717, 1.165) is 6.42 Å². The molecule has 2 aromatic carbocycles. The highest BCUT2D eigenvalue weighted by molar-refractivity contribution is 5.16. The standard InChI is InChI=1S/C19H23F/c1-16(15-18-11-13-19(20)14-12-18)7-5-6-10-17-8-3-2-4-9-17/h2-4,8-9,11-14,16H,5-7,10,15H2,1H3. The Hall–Kier alpha value is -1.63. The average Bonchev–Trinajstić information content (AvgIpc) is 2.47. The molecule has 0 spiro atoms. The lowest BCUT2D eigenvalue weighted by molar-refractivity contribution is 0.495. The summed E-state index contributed by atoms with van der Waals surface area (Å²) in [5, 5.41) is 0. The Balaban J connectivity index is 1.65. The summed E-state index contributed by atoms with van der Waals surface area (Å²) in [5.74, 6) is 0.514. The van der Waals surface area contributed by atoms with Crippen LogP contribution in [-0.2, 0) is 12.8 Å². The molecule has 0 fully saturated rings. The van der Waals surface area contributed by atoms with Gasteiger partial charge in [0, 0.05) is 0 Å². The number of aryl methyl sites for hydroxylation is 1. The second kappa shape index (κ2) is 7.84. The van der Waals surface area contributed by atoms with Crippen molar-refractivity contribution in [1.29, 1.82) is 0 Å². The summed E-state index contributed by atoms with van der Waals surface area (Å²) in [6.45, 7) is 2.28. The average molecular weight is 270 g/mol. The smallest absolute Gasteiger partial charge is 0.123 e. The van der Waals surface area contributed by atoms with Gasteiger partial charge < -0.3 is 0 Å². The molecule has 0 nitrogen and oxygen atoms in total. The summed E-state index contributed by atoms with van der Waals surface area (Å²) in [6, 6.07) is 17.6. The van der Waals surface area contributed by atoms with Gasteiger partial charge in [0.2, 0.25) is 0 Å². The van der Waals surface area contributed by atoms with E-state index in [1.807, 2.05) is 12.1 Å². The normalized spacial score (nSPS) is 12.3. The molecule has 0 saturated heterocycles. The molecule has 20 heavy (non-hydrogen) atoms. The van der Waals surface area contributed by atoms with Crippen LogP contribution >= 0.6 is 0 Å². The first kappa shape index (κ1) is 14.8. The zero-order valence-corrected chi connectivity index (χ0v) is 12.2. The first-order chi connectivity index (χ1) is 9.74. The van der Waals surface area contributed by atoms with Crippen molar-refractivity contribution in [1.82, 2.24) is 0 Å². The summed E-state index contributed by atoms with van der Waals surface area (Å²) in [6.07, 6.45) is 5.97. The number of unbranched alkanes of at least 4 members (excludes halogenated alkanes) is 1. The van der Waals surface area contributed by atoms with Gasteiger partial charge in [0.1, 0.15) is 5.82 Å². The van der Waals surface area contributed by atoms with Gasteiger partial charge in [-0.15, -0.1) is 0 Å². The van der Waals surface area contributed by atoms with E-state index in [9.17, 15) is 4.39 Å². The van der Waals surface area contributed by atoms with Gasteiger partial charge in [-0.3, -0.25) is 0 Å². The van der Waals surface area contributed by atoms with Crippen molar-refractivity contribution in [3.05, 3.63) is 71.5 Å². The maximum atomic E-state index is 12.8. The van der Waals surface area contributed by atoms with E-state index in [0.29, 0.717) is 5.92 Å². The van der Waals surface area contributed by atoms with Crippen molar-refractivity contribution in [3.63, 3.8) is 0 Å². The molecule has 0 aliphatic carbocycles. The summed E-state index contributed by atoms with van der Waals surface area (Å²) >= 11 is 0. The fourth-order valence-corrected chi connectivity index (χ4v) is 2.59. The minimum atomic E-state index is -0.149. The molecule has 106 valence electrons. The lowest BCUT2D eigenvalue weighted by atomic mass is 9.95. The second-order valence-corrected chi connectivity index (χ2v) is 5.67. The van der Waals surface area contributed by atoms with Crippen LogP contribution in [0.5, 0.6) is 0 Å². The molecule has 1 atom stereocenters. The van der Waals surface area contributed by atoms with Crippen LogP contribution in [0.2, 0.25) is 0 Å². The van der Waals surface area contributed by atoms with E-state index in [-0.39, 0.29) is 5.82 Å². The molecule has 2 rings (SSSR count). The van der Waals surface area contributed by atoms with Crippen LogP contribution in [0.4, 0.5) is 4.39 Å². The van der Waals surface area contributed by atoms with Crippen molar-refractivity contribution in [2.45, 2.75) is 39.0 Å². The van der Waals surface area contributed by atoms with Crippen LogP contribution in [0.1, 0.15) is 37.3 Å². The van der Waals surface area contributed by atoms with Crippen molar-refractivity contribution < 1.29 is 4.39 Å². The van der Waals surface area contributed by atoms with Crippen molar-refractivity contribution >= 4 is 0 Å². The fraction of sp³-hybridized carbons (Fsp3) is 0.368. The van der Waals surface area contributed by atoms with Gasteiger partial charge >= 0.3 is 0 Å². The summed E-state index contributed by atoms with van der Waals surface area (Å²) < 4.78 is 12.8. The Morgan fingerprint density at radius 2 is 1.55 bits per heavy atom. The van der Waals surface area contributed by atoms with Crippen LogP contribution in [0, 0.1) is 11.7 Å². The third-order valence-electron chi connectivity index (χ3n) is 3.75. The first-order valence-electron chi connectivity index (χ1n) is 7.52. The monoisotopic (exact) mass is 270 g/mol. The third-order valence-corrected chi connectivity index (χ3v) is 3.75. The lowest BCUT2D eigenvalue weighted by Gasteiger charge is -2.11. The Bertz CT molecular complexity index is 487. The van der Waals surface area contributed by atoms with Crippen molar-refractivity contribution in [3.8, 4) is 0 Å². The highest BCUT2D eigenvalue weighted by Gasteiger charge is 2.04. The Labute approximate surface area is 121 Å². The van der Waals surface area contributed by atoms with Gasteiger partial charge in [0.25, 0.3) is 0 Å². The molecular formula is C19H23F. The zero-order valence-electron chi connectivity index (χ0n) is 12.2. The molecule has 1 heteroatoms. The van der Waals surface area contributed by atoms with Gasteiger partial charge in [0.15, 0.2) is 0 Å². The minimum absolute atomic E-state index is 0.149. The van der Waals surface area contributed by atoms with E-state index in [4.69, 9.17) is 0 Å². The fourth-order valence-electron chi connectivity index (χ4n) is 2.59. The minimum Gasteiger partial charge on any atom is -0.207 e. The Kier molecular flexibility index (Phi) is 5.79. The molecule has 0 N–H and O–H groups in total. The van der Waals surface area contributed by atoms with E-state index in [1.165, 1.54) is 36.8 Å². The first-order valence-corrected chi connectivity index (χ1v) is 7.52. The molecule has 1 unspecified atom stereocenters. The van der Waals surface area contributed by atoms with Crippen LogP contribution in [-0.4, -0.2) is 0 Å². The van der Waals surface area contributed by atoms with Crippen LogP contribution in [0.3, 0.4) is 0 Å². The Morgan fingerprint density at radius 1 is 0.850 bits per heavy atom. The van der Waals surface area contributed by atoms with E-state index >= 15 is 0 Å². The number of halogens is 1. The van der Waals surface area contributed by atoms with E-state index < -0.39 is 0 Å². The predicted molar refractivity (Wildman–Crippen MR) is 83.3 cm³/mol. The Morgan fingerprint density at radius 3 is 2.25 bits per heavy atom. The lowest BCUT2D eigenvalue weighted by Crippen LogP contribution is -2.00. The number of hydrogen-bond donors (Lipinski definition) is 0. The van der Waals surface area contributed by atoms with Crippen LogP contribution < -0.4 is 0 Å². The van der Waals surface area contributed by atoms with Gasteiger partial charge in [-0.25, -0.2) is 4.39 Å². The molecule has 2 aromatic rings. The number of benzene rings is 2. The topological polar surface area (TPSA) is 0 Å². The number of rotatable bonds is 7. The largest absolute Gasteiger partial charge is 0.207 e. The van der Waals surface area contributed by atoms with Crippen molar-refractivity contribution in [2.75, 3.05) is 0 Å². The molecule has 0 heterocycles. The van der Waals surface area contributed by atoms with Gasteiger partial charge in [-0.2, -0.15) is 0 Å². The maximum Gasteiger partial charge on any atom is 0.123 e. The van der Waals surface area contributed by atoms with Gasteiger partial charge in [-0.05, 0) is 48.4 Å². The molecule has 0 aromatic heterocycles. The molecule has 0 amide bonds. The van der Waals surface area contributed by atoms with Gasteiger partial charge in [0.05, 0.1) is 0 Å². The number of hydrogen-bond acceptors (Lipinski definition) is 0.